The molecular weight excluding hydrogens is 313 g/mol. The van der Waals surface area contributed by atoms with Crippen LogP contribution in [0.1, 0.15) is 12.5 Å². The predicted molar refractivity (Wildman–Crippen MR) is 98.8 cm³/mol. The van der Waals surface area contributed by atoms with Gasteiger partial charge in [0.1, 0.15) is 5.82 Å². The van der Waals surface area contributed by atoms with E-state index >= 15 is 0 Å². The minimum Gasteiger partial charge on any atom is -0.265 e. The number of rotatable bonds is 3. The number of fused-ring (bicyclic) bond motifs is 1. The molecule has 2 aromatic heterocycles. The van der Waals surface area contributed by atoms with Crippen LogP contribution in [0, 0.1) is 12.7 Å². The van der Waals surface area contributed by atoms with Crippen molar-refractivity contribution in [3.8, 4) is 22.4 Å². The van der Waals surface area contributed by atoms with Gasteiger partial charge in [-0.15, -0.1) is 0 Å². The Bertz CT molecular complexity index is 1070. The van der Waals surface area contributed by atoms with Crippen LogP contribution in [0.5, 0.6) is 0 Å². The van der Waals surface area contributed by atoms with Crippen molar-refractivity contribution in [1.29, 1.82) is 0 Å². The highest BCUT2D eigenvalue weighted by Crippen LogP contribution is 2.32. The van der Waals surface area contributed by atoms with E-state index in [1.165, 1.54) is 6.07 Å². The summed E-state index contributed by atoms with van der Waals surface area (Å²) in [7, 11) is 0. The lowest BCUT2D eigenvalue weighted by molar-refractivity contribution is 0.619. The van der Waals surface area contributed by atoms with E-state index in [0.29, 0.717) is 5.56 Å². The zero-order valence-corrected chi connectivity index (χ0v) is 14.2. The van der Waals surface area contributed by atoms with Crippen molar-refractivity contribution in [3.63, 3.8) is 0 Å². The quantitative estimate of drug-likeness (QED) is 0.514. The second kappa shape index (κ2) is 6.13. The van der Waals surface area contributed by atoms with Crippen LogP contribution >= 0.6 is 0 Å². The molecule has 3 nitrogen and oxygen atoms in total. The first-order valence-corrected chi connectivity index (χ1v) is 8.35. The summed E-state index contributed by atoms with van der Waals surface area (Å²) in [5, 5.41) is 5.51. The standard InChI is InChI=1S/C21H18FN3/c1-3-25-20-9-7-15(12-17(20)13-24-25)18-5-4-10-23-21(18)16-6-8-19(22)14(2)11-16/h4-13H,3H2,1-2H3. The molecule has 0 unspecified atom stereocenters. The number of nitrogens with zero attached hydrogens (tertiary/aromatic N) is 3. The highest BCUT2D eigenvalue weighted by atomic mass is 19.1. The molecule has 4 heteroatoms. The highest BCUT2D eigenvalue weighted by Gasteiger charge is 2.11. The lowest BCUT2D eigenvalue weighted by atomic mass is 9.97. The Labute approximate surface area is 145 Å². The van der Waals surface area contributed by atoms with E-state index in [4.69, 9.17) is 0 Å². The summed E-state index contributed by atoms with van der Waals surface area (Å²) in [5.74, 6) is -0.199. The van der Waals surface area contributed by atoms with Gasteiger partial charge in [-0.2, -0.15) is 5.10 Å². The Balaban J connectivity index is 1.87. The van der Waals surface area contributed by atoms with Crippen LogP contribution < -0.4 is 0 Å². The van der Waals surface area contributed by atoms with Gasteiger partial charge in [0.15, 0.2) is 0 Å². The van der Waals surface area contributed by atoms with Gasteiger partial charge in [-0.3, -0.25) is 9.67 Å². The third-order valence-corrected chi connectivity index (χ3v) is 4.49. The molecule has 2 heterocycles. The van der Waals surface area contributed by atoms with Crippen LogP contribution in [-0.4, -0.2) is 14.8 Å². The summed E-state index contributed by atoms with van der Waals surface area (Å²) in [4.78, 5) is 4.55. The summed E-state index contributed by atoms with van der Waals surface area (Å²) < 4.78 is 15.6. The van der Waals surface area contributed by atoms with E-state index < -0.39 is 0 Å². The number of hydrogen-bond acceptors (Lipinski definition) is 2. The van der Waals surface area contributed by atoms with Crippen molar-refractivity contribution in [2.45, 2.75) is 20.4 Å². The van der Waals surface area contributed by atoms with Crippen molar-refractivity contribution < 1.29 is 4.39 Å². The molecule has 0 spiro atoms. The normalized spacial score (nSPS) is 11.2. The van der Waals surface area contributed by atoms with Crippen molar-refractivity contribution in [2.24, 2.45) is 0 Å². The number of halogens is 1. The van der Waals surface area contributed by atoms with E-state index in [9.17, 15) is 4.39 Å². The summed E-state index contributed by atoms with van der Waals surface area (Å²) in [6, 6.07) is 15.4. The van der Waals surface area contributed by atoms with E-state index in [1.54, 1.807) is 19.2 Å². The summed E-state index contributed by atoms with van der Waals surface area (Å²) in [5.41, 5.74) is 5.61. The van der Waals surface area contributed by atoms with Crippen LogP contribution in [0.2, 0.25) is 0 Å². The molecule has 0 saturated carbocycles. The molecule has 0 aliphatic rings. The molecule has 0 bridgehead atoms. The number of aromatic nitrogens is 3. The highest BCUT2D eigenvalue weighted by molar-refractivity contribution is 5.88. The van der Waals surface area contributed by atoms with E-state index in [0.717, 1.165) is 39.8 Å². The first-order chi connectivity index (χ1) is 12.2. The fourth-order valence-corrected chi connectivity index (χ4v) is 3.17. The first kappa shape index (κ1) is 15.5. The lowest BCUT2D eigenvalue weighted by Crippen LogP contribution is -1.95. The van der Waals surface area contributed by atoms with Gasteiger partial charge in [0.25, 0.3) is 0 Å². The number of hydrogen-bond donors (Lipinski definition) is 0. The third kappa shape index (κ3) is 2.70. The topological polar surface area (TPSA) is 30.7 Å². The van der Waals surface area contributed by atoms with Gasteiger partial charge < -0.3 is 0 Å². The Kier molecular flexibility index (Phi) is 3.80. The second-order valence-electron chi connectivity index (χ2n) is 6.10. The van der Waals surface area contributed by atoms with Crippen LogP contribution in [0.15, 0.2) is 60.9 Å². The number of benzene rings is 2. The molecule has 0 amide bonds. The molecule has 0 atom stereocenters. The van der Waals surface area contributed by atoms with Crippen molar-refractivity contribution in [3.05, 3.63) is 72.3 Å². The summed E-state index contributed by atoms with van der Waals surface area (Å²) in [6.07, 6.45) is 3.66. The largest absolute Gasteiger partial charge is 0.265 e. The Morgan fingerprint density at radius 2 is 1.88 bits per heavy atom. The van der Waals surface area contributed by atoms with Gasteiger partial charge >= 0.3 is 0 Å². The average Bonchev–Trinajstić information content (AvgIpc) is 3.06. The van der Waals surface area contributed by atoms with Crippen LogP contribution in [0.4, 0.5) is 4.39 Å². The van der Waals surface area contributed by atoms with E-state index in [-0.39, 0.29) is 5.82 Å². The summed E-state index contributed by atoms with van der Waals surface area (Å²) in [6.45, 7) is 4.69. The zero-order valence-electron chi connectivity index (χ0n) is 14.2. The fourth-order valence-electron chi connectivity index (χ4n) is 3.17. The van der Waals surface area contributed by atoms with Gasteiger partial charge in [-0.1, -0.05) is 12.1 Å². The minimum atomic E-state index is -0.199. The van der Waals surface area contributed by atoms with Crippen molar-refractivity contribution in [2.75, 3.05) is 0 Å². The van der Waals surface area contributed by atoms with Gasteiger partial charge in [0.2, 0.25) is 0 Å². The molecule has 0 aliphatic carbocycles. The van der Waals surface area contributed by atoms with Crippen LogP contribution in [0.3, 0.4) is 0 Å². The molecule has 124 valence electrons. The maximum absolute atomic E-state index is 13.6. The number of aryl methyl sites for hydroxylation is 2. The summed E-state index contributed by atoms with van der Waals surface area (Å²) >= 11 is 0. The molecule has 0 radical (unpaired) electrons. The molecule has 25 heavy (non-hydrogen) atoms. The fraction of sp³-hybridized carbons (Fsp3) is 0.143. The first-order valence-electron chi connectivity index (χ1n) is 8.35. The molecule has 0 aliphatic heterocycles. The molecule has 0 fully saturated rings. The monoisotopic (exact) mass is 331 g/mol. The minimum absolute atomic E-state index is 0.199. The van der Waals surface area contributed by atoms with Crippen molar-refractivity contribution >= 4 is 10.9 Å². The lowest BCUT2D eigenvalue weighted by Gasteiger charge is -2.10. The van der Waals surface area contributed by atoms with E-state index in [2.05, 4.69) is 35.2 Å². The number of pyridine rings is 1. The van der Waals surface area contributed by atoms with Crippen molar-refractivity contribution in [1.82, 2.24) is 14.8 Å². The average molecular weight is 331 g/mol. The molecule has 2 aromatic carbocycles. The van der Waals surface area contributed by atoms with Gasteiger partial charge in [0, 0.05) is 29.3 Å². The maximum atomic E-state index is 13.6. The third-order valence-electron chi connectivity index (χ3n) is 4.49. The zero-order chi connectivity index (χ0) is 17.4. The Morgan fingerprint density at radius 1 is 1.04 bits per heavy atom. The Morgan fingerprint density at radius 3 is 2.68 bits per heavy atom. The molecule has 4 aromatic rings. The Hall–Kier alpha value is -3.01. The van der Waals surface area contributed by atoms with Crippen LogP contribution in [0.25, 0.3) is 33.3 Å². The molecule has 0 N–H and O–H groups in total. The smallest absolute Gasteiger partial charge is 0.126 e. The molecule has 4 rings (SSSR count). The molecular formula is C21H18FN3. The van der Waals surface area contributed by atoms with Crippen LogP contribution in [-0.2, 0) is 6.54 Å². The van der Waals surface area contributed by atoms with Gasteiger partial charge in [0.05, 0.1) is 17.4 Å². The van der Waals surface area contributed by atoms with E-state index in [1.807, 2.05) is 29.1 Å². The maximum Gasteiger partial charge on any atom is 0.126 e. The SMILES string of the molecule is CCn1ncc2cc(-c3cccnc3-c3ccc(F)c(C)c3)ccc21. The second-order valence-corrected chi connectivity index (χ2v) is 6.10. The van der Waals surface area contributed by atoms with Gasteiger partial charge in [-0.25, -0.2) is 4.39 Å². The predicted octanol–water partition coefficient (Wildman–Crippen LogP) is 5.23. The van der Waals surface area contributed by atoms with Gasteiger partial charge in [-0.05, 0) is 61.4 Å². The molecule has 0 saturated heterocycles.